The molecule has 3 rings (SSSR count). The number of rotatable bonds is 4. The van der Waals surface area contributed by atoms with Gasteiger partial charge in [0.25, 0.3) is 5.91 Å². The lowest BCUT2D eigenvalue weighted by Gasteiger charge is -2.18. The topological polar surface area (TPSA) is 79.2 Å². The van der Waals surface area contributed by atoms with Crippen molar-refractivity contribution in [3.8, 4) is 0 Å². The van der Waals surface area contributed by atoms with Crippen molar-refractivity contribution in [2.45, 2.75) is 11.9 Å². The molecule has 1 N–H and O–H groups in total. The van der Waals surface area contributed by atoms with Crippen molar-refractivity contribution in [2.75, 3.05) is 12.0 Å². The predicted molar refractivity (Wildman–Crippen MR) is 96.4 cm³/mol. The number of methoxy groups -OCH3 is 1. The van der Waals surface area contributed by atoms with E-state index in [2.05, 4.69) is 21.1 Å². The molecule has 1 aliphatic heterocycles. The SMILES string of the molecule is COC(=O)c1cccc(CN2C(=O)/C(=N/O)c3ccc(CBr)cc32)c1. The number of oxime groups is 1. The fraction of sp³-hybridized carbons (Fsp3) is 0.167. The fourth-order valence-corrected chi connectivity index (χ4v) is 3.14. The number of halogens is 1. The molecule has 0 bridgehead atoms. The summed E-state index contributed by atoms with van der Waals surface area (Å²) in [5, 5.41) is 13.0. The third-order valence-corrected chi connectivity index (χ3v) is 4.65. The minimum absolute atomic E-state index is 0.0141. The number of anilines is 1. The Labute approximate surface area is 152 Å². The van der Waals surface area contributed by atoms with E-state index in [1.54, 1.807) is 24.3 Å². The van der Waals surface area contributed by atoms with Gasteiger partial charge >= 0.3 is 5.97 Å². The fourth-order valence-electron chi connectivity index (χ4n) is 2.79. The molecule has 0 aliphatic carbocycles. The quantitative estimate of drug-likeness (QED) is 0.368. The number of nitrogens with zero attached hydrogens (tertiary/aromatic N) is 2. The van der Waals surface area contributed by atoms with E-state index in [1.807, 2.05) is 18.2 Å². The Kier molecular flexibility index (Phi) is 4.85. The van der Waals surface area contributed by atoms with E-state index in [9.17, 15) is 14.8 Å². The van der Waals surface area contributed by atoms with Gasteiger partial charge in [-0.25, -0.2) is 4.79 Å². The molecule has 25 heavy (non-hydrogen) atoms. The van der Waals surface area contributed by atoms with Gasteiger partial charge in [-0.1, -0.05) is 45.4 Å². The van der Waals surface area contributed by atoms with Crippen molar-refractivity contribution in [3.63, 3.8) is 0 Å². The summed E-state index contributed by atoms with van der Waals surface area (Å²) >= 11 is 3.40. The van der Waals surface area contributed by atoms with Gasteiger partial charge in [0.15, 0.2) is 5.71 Å². The second-order valence-corrected chi connectivity index (χ2v) is 6.08. The molecule has 1 aliphatic rings. The molecule has 2 aromatic rings. The maximum atomic E-state index is 12.6. The molecule has 0 radical (unpaired) electrons. The van der Waals surface area contributed by atoms with E-state index < -0.39 is 5.97 Å². The van der Waals surface area contributed by atoms with E-state index in [-0.39, 0.29) is 18.2 Å². The zero-order chi connectivity index (χ0) is 18.0. The first kappa shape index (κ1) is 17.2. The van der Waals surface area contributed by atoms with Gasteiger partial charge in [-0.05, 0) is 29.3 Å². The van der Waals surface area contributed by atoms with Crippen LogP contribution in [-0.2, 0) is 21.4 Å². The lowest BCUT2D eigenvalue weighted by Crippen LogP contribution is -2.29. The zero-order valence-corrected chi connectivity index (χ0v) is 15.0. The first-order valence-corrected chi connectivity index (χ1v) is 8.61. The summed E-state index contributed by atoms with van der Waals surface area (Å²) in [6.07, 6.45) is 0. The van der Waals surface area contributed by atoms with Crippen molar-refractivity contribution >= 4 is 39.2 Å². The highest BCUT2D eigenvalue weighted by Gasteiger charge is 2.34. The second kappa shape index (κ2) is 7.06. The molecule has 0 atom stereocenters. The smallest absolute Gasteiger partial charge is 0.337 e. The highest BCUT2D eigenvalue weighted by atomic mass is 79.9. The number of alkyl halides is 1. The van der Waals surface area contributed by atoms with Crippen LogP contribution in [0.5, 0.6) is 0 Å². The van der Waals surface area contributed by atoms with Crippen molar-refractivity contribution in [1.82, 2.24) is 0 Å². The summed E-state index contributed by atoms with van der Waals surface area (Å²) < 4.78 is 4.73. The van der Waals surface area contributed by atoms with Gasteiger partial charge in [-0.15, -0.1) is 0 Å². The standard InChI is InChI=1S/C18H15BrN2O4/c1-25-18(23)13-4-2-3-12(7-13)10-21-15-8-11(9-19)5-6-14(15)16(20-24)17(21)22/h2-8,24H,9-10H2,1H3/b20-16+. The van der Waals surface area contributed by atoms with Crippen LogP contribution in [0.15, 0.2) is 47.6 Å². The van der Waals surface area contributed by atoms with E-state index >= 15 is 0 Å². The minimum Gasteiger partial charge on any atom is -0.465 e. The summed E-state index contributed by atoms with van der Waals surface area (Å²) in [6, 6.07) is 12.4. The van der Waals surface area contributed by atoms with Crippen LogP contribution in [0.4, 0.5) is 5.69 Å². The normalized spacial score (nSPS) is 14.7. The van der Waals surface area contributed by atoms with Gasteiger partial charge in [-0.2, -0.15) is 0 Å². The summed E-state index contributed by atoms with van der Waals surface area (Å²) in [5.74, 6) is -0.818. The molecule has 1 heterocycles. The van der Waals surface area contributed by atoms with Crippen molar-refractivity contribution in [3.05, 3.63) is 64.7 Å². The number of esters is 1. The zero-order valence-electron chi connectivity index (χ0n) is 13.4. The highest BCUT2D eigenvalue weighted by Crippen LogP contribution is 2.32. The average Bonchev–Trinajstić information content (AvgIpc) is 2.91. The van der Waals surface area contributed by atoms with Gasteiger partial charge in [0.2, 0.25) is 0 Å². The molecule has 6 nitrogen and oxygen atoms in total. The maximum absolute atomic E-state index is 12.6. The van der Waals surface area contributed by atoms with Crippen LogP contribution in [0.3, 0.4) is 0 Å². The second-order valence-electron chi connectivity index (χ2n) is 5.52. The molecule has 0 fully saturated rings. The number of ether oxygens (including phenoxy) is 1. The van der Waals surface area contributed by atoms with Crippen LogP contribution in [0.2, 0.25) is 0 Å². The molecule has 0 aromatic heterocycles. The number of benzene rings is 2. The number of hydrogen-bond acceptors (Lipinski definition) is 5. The van der Waals surface area contributed by atoms with Gasteiger partial charge in [-0.3, -0.25) is 4.79 Å². The third-order valence-electron chi connectivity index (χ3n) is 4.00. The Morgan fingerprint density at radius 3 is 2.72 bits per heavy atom. The number of hydrogen-bond donors (Lipinski definition) is 1. The average molecular weight is 403 g/mol. The van der Waals surface area contributed by atoms with Gasteiger partial charge in [0.05, 0.1) is 24.9 Å². The first-order chi connectivity index (χ1) is 12.1. The lowest BCUT2D eigenvalue weighted by molar-refractivity contribution is -0.112. The molecular weight excluding hydrogens is 388 g/mol. The predicted octanol–water partition coefficient (Wildman–Crippen LogP) is 3.09. The van der Waals surface area contributed by atoms with Crippen LogP contribution in [0, 0.1) is 0 Å². The Bertz CT molecular complexity index is 879. The molecule has 0 saturated carbocycles. The van der Waals surface area contributed by atoms with Crippen LogP contribution in [-0.4, -0.2) is 29.9 Å². The highest BCUT2D eigenvalue weighted by molar-refractivity contribution is 9.08. The molecule has 1 amide bonds. The van der Waals surface area contributed by atoms with Crippen molar-refractivity contribution in [1.29, 1.82) is 0 Å². The number of amides is 1. The molecule has 7 heteroatoms. The summed E-state index contributed by atoms with van der Waals surface area (Å²) in [6.45, 7) is 0.251. The maximum Gasteiger partial charge on any atom is 0.337 e. The largest absolute Gasteiger partial charge is 0.465 e. The Hall–Kier alpha value is -2.67. The van der Waals surface area contributed by atoms with Gasteiger partial charge in [0.1, 0.15) is 0 Å². The van der Waals surface area contributed by atoms with E-state index in [0.29, 0.717) is 22.1 Å². The van der Waals surface area contributed by atoms with Crippen molar-refractivity contribution < 1.29 is 19.5 Å². The van der Waals surface area contributed by atoms with Crippen molar-refractivity contribution in [2.24, 2.45) is 5.16 Å². The van der Waals surface area contributed by atoms with Crippen LogP contribution in [0.1, 0.15) is 27.0 Å². The van der Waals surface area contributed by atoms with Crippen LogP contribution in [0.25, 0.3) is 0 Å². The number of carbonyl (C=O) groups is 2. The van der Waals surface area contributed by atoms with Crippen LogP contribution < -0.4 is 4.90 Å². The number of fused-ring (bicyclic) bond motifs is 1. The van der Waals surface area contributed by atoms with E-state index in [0.717, 1.165) is 11.1 Å². The summed E-state index contributed by atoms with van der Waals surface area (Å²) in [5.41, 5.74) is 3.46. The lowest BCUT2D eigenvalue weighted by atomic mass is 10.1. The van der Waals surface area contributed by atoms with Gasteiger partial charge in [0, 0.05) is 10.9 Å². The Morgan fingerprint density at radius 1 is 1.24 bits per heavy atom. The molecule has 2 aromatic carbocycles. The Morgan fingerprint density at radius 2 is 2.04 bits per heavy atom. The molecular formula is C18H15BrN2O4. The van der Waals surface area contributed by atoms with E-state index in [4.69, 9.17) is 4.74 Å². The minimum atomic E-state index is -0.436. The molecule has 128 valence electrons. The Balaban J connectivity index is 1.98. The summed E-state index contributed by atoms with van der Waals surface area (Å²) in [4.78, 5) is 25.8. The molecule has 0 unspecified atom stereocenters. The monoisotopic (exact) mass is 402 g/mol. The third kappa shape index (κ3) is 3.15. The summed E-state index contributed by atoms with van der Waals surface area (Å²) in [7, 11) is 1.32. The van der Waals surface area contributed by atoms with Crippen LogP contribution >= 0.6 is 15.9 Å². The molecule has 0 spiro atoms. The van der Waals surface area contributed by atoms with E-state index in [1.165, 1.54) is 12.0 Å². The number of carbonyl (C=O) groups excluding carboxylic acids is 2. The van der Waals surface area contributed by atoms with Gasteiger partial charge < -0.3 is 14.8 Å². The molecule has 0 saturated heterocycles. The first-order valence-electron chi connectivity index (χ1n) is 7.49.